The minimum Gasteiger partial charge on any atom is -0.479 e. The lowest BCUT2D eigenvalue weighted by Gasteiger charge is -2.29. The molecule has 32 heavy (non-hydrogen) atoms. The van der Waals surface area contributed by atoms with Crippen LogP contribution in [-0.2, 0) is 19.0 Å². The van der Waals surface area contributed by atoms with E-state index in [0.717, 1.165) is 0 Å². The van der Waals surface area contributed by atoms with Crippen molar-refractivity contribution in [1.82, 2.24) is 19.5 Å². The van der Waals surface area contributed by atoms with Gasteiger partial charge < -0.3 is 24.7 Å². The van der Waals surface area contributed by atoms with Gasteiger partial charge in [0.25, 0.3) is 0 Å². The Hall–Kier alpha value is -3.73. The van der Waals surface area contributed by atoms with Gasteiger partial charge in [-0.15, -0.1) is 0 Å². The maximum absolute atomic E-state index is 12.3. The van der Waals surface area contributed by atoms with Gasteiger partial charge in [-0.1, -0.05) is 18.2 Å². The van der Waals surface area contributed by atoms with Crippen molar-refractivity contribution in [2.24, 2.45) is 0 Å². The van der Waals surface area contributed by atoms with Gasteiger partial charge in [0, 0.05) is 13.3 Å². The molecule has 1 saturated heterocycles. The van der Waals surface area contributed by atoms with Crippen LogP contribution in [0.4, 0.5) is 5.95 Å². The molecule has 3 atom stereocenters. The summed E-state index contributed by atoms with van der Waals surface area (Å²) in [5, 5.41) is 0. The van der Waals surface area contributed by atoms with E-state index in [2.05, 4.69) is 15.0 Å². The summed E-state index contributed by atoms with van der Waals surface area (Å²) in [6, 6.07) is 6.98. The summed E-state index contributed by atoms with van der Waals surface area (Å²) in [6.45, 7) is 3.08. The first-order valence-corrected chi connectivity index (χ1v) is 9.83. The maximum Gasteiger partial charge on any atom is 0.338 e. The summed E-state index contributed by atoms with van der Waals surface area (Å²) in [7, 11) is 2.77. The standard InChI is InChI=1S/C21H23N5O6/c1-11(27)32-21(2)9-14(12-7-5-6-8-13(12)18(28)30-4)31-19(21)26-10-23-15-16(26)24-20(22)25-17(15)29-3/h5-8,10,14,19H,9H2,1-4H3,(H2,22,24,25). The van der Waals surface area contributed by atoms with E-state index < -0.39 is 29.9 Å². The molecular formula is C21H23N5O6. The fourth-order valence-electron chi connectivity index (χ4n) is 4.07. The van der Waals surface area contributed by atoms with E-state index in [0.29, 0.717) is 22.3 Å². The fourth-order valence-corrected chi connectivity index (χ4v) is 4.07. The third kappa shape index (κ3) is 3.60. The summed E-state index contributed by atoms with van der Waals surface area (Å²) in [5.74, 6) is -0.749. The Balaban J connectivity index is 1.82. The van der Waals surface area contributed by atoms with Crippen molar-refractivity contribution in [3.8, 4) is 5.88 Å². The maximum atomic E-state index is 12.3. The third-order valence-corrected chi connectivity index (χ3v) is 5.35. The lowest BCUT2D eigenvalue weighted by atomic mass is 9.93. The fraction of sp³-hybridized carbons (Fsp3) is 0.381. The van der Waals surface area contributed by atoms with E-state index in [4.69, 9.17) is 24.7 Å². The molecule has 1 aliphatic rings. The number of imidazole rings is 1. The number of rotatable bonds is 5. The van der Waals surface area contributed by atoms with Crippen LogP contribution in [0.15, 0.2) is 30.6 Å². The molecule has 2 N–H and O–H groups in total. The summed E-state index contributed by atoms with van der Waals surface area (Å²) >= 11 is 0. The second-order valence-corrected chi connectivity index (χ2v) is 7.58. The van der Waals surface area contributed by atoms with E-state index in [9.17, 15) is 9.59 Å². The number of anilines is 1. The minimum absolute atomic E-state index is 0.00382. The molecule has 1 aromatic carbocycles. The van der Waals surface area contributed by atoms with Gasteiger partial charge in [0.05, 0.1) is 32.2 Å². The number of ether oxygens (including phenoxy) is 4. The van der Waals surface area contributed by atoms with E-state index in [1.54, 1.807) is 35.8 Å². The van der Waals surface area contributed by atoms with Gasteiger partial charge in [-0.05, 0) is 18.6 Å². The zero-order valence-electron chi connectivity index (χ0n) is 18.1. The van der Waals surface area contributed by atoms with Crippen molar-refractivity contribution >= 4 is 29.1 Å². The lowest BCUT2D eigenvalue weighted by molar-refractivity contribution is -0.167. The summed E-state index contributed by atoms with van der Waals surface area (Å²) in [4.78, 5) is 36.9. The zero-order chi connectivity index (χ0) is 23.0. The van der Waals surface area contributed by atoms with Gasteiger partial charge in [-0.25, -0.2) is 9.78 Å². The molecule has 0 bridgehead atoms. The monoisotopic (exact) mass is 441 g/mol. The van der Waals surface area contributed by atoms with Crippen LogP contribution in [0.3, 0.4) is 0 Å². The first kappa shape index (κ1) is 21.5. The molecule has 4 rings (SSSR count). The van der Waals surface area contributed by atoms with Gasteiger partial charge >= 0.3 is 11.9 Å². The number of esters is 2. The van der Waals surface area contributed by atoms with Crippen LogP contribution in [-0.4, -0.2) is 51.3 Å². The van der Waals surface area contributed by atoms with Gasteiger partial charge in [0.1, 0.15) is 0 Å². The summed E-state index contributed by atoms with van der Waals surface area (Å²) < 4.78 is 23.9. The second-order valence-electron chi connectivity index (χ2n) is 7.58. The first-order valence-electron chi connectivity index (χ1n) is 9.83. The number of carbonyl (C=O) groups is 2. The molecule has 1 fully saturated rings. The van der Waals surface area contributed by atoms with E-state index in [1.807, 2.05) is 0 Å². The highest BCUT2D eigenvalue weighted by molar-refractivity contribution is 5.91. The molecule has 0 amide bonds. The number of methoxy groups -OCH3 is 2. The molecule has 3 unspecified atom stereocenters. The largest absolute Gasteiger partial charge is 0.479 e. The Kier molecular flexibility index (Phi) is 5.43. The Morgan fingerprint density at radius 2 is 2.00 bits per heavy atom. The first-order chi connectivity index (χ1) is 15.3. The average Bonchev–Trinajstić information content (AvgIpc) is 3.32. The Morgan fingerprint density at radius 3 is 2.69 bits per heavy atom. The molecule has 2 aromatic heterocycles. The van der Waals surface area contributed by atoms with Crippen LogP contribution >= 0.6 is 0 Å². The number of nitrogen functional groups attached to an aromatic ring is 1. The third-order valence-electron chi connectivity index (χ3n) is 5.35. The van der Waals surface area contributed by atoms with Crippen molar-refractivity contribution in [2.75, 3.05) is 20.0 Å². The Morgan fingerprint density at radius 1 is 1.25 bits per heavy atom. The van der Waals surface area contributed by atoms with E-state index in [1.165, 1.54) is 27.5 Å². The highest BCUT2D eigenvalue weighted by atomic mass is 16.6. The highest BCUT2D eigenvalue weighted by Gasteiger charge is 2.51. The molecule has 11 heteroatoms. The van der Waals surface area contributed by atoms with Gasteiger partial charge in [0.15, 0.2) is 23.0 Å². The van der Waals surface area contributed by atoms with E-state index >= 15 is 0 Å². The summed E-state index contributed by atoms with van der Waals surface area (Å²) in [5.41, 5.74) is 6.48. The lowest BCUT2D eigenvalue weighted by Crippen LogP contribution is -2.37. The van der Waals surface area contributed by atoms with Gasteiger partial charge in [0.2, 0.25) is 11.8 Å². The van der Waals surface area contributed by atoms with Crippen LogP contribution in [0.25, 0.3) is 11.2 Å². The predicted octanol–water partition coefficient (Wildman–Crippen LogP) is 2.19. The molecule has 0 spiro atoms. The number of hydrogen-bond acceptors (Lipinski definition) is 10. The number of fused-ring (bicyclic) bond motifs is 1. The number of nitrogens with zero attached hydrogens (tertiary/aromatic N) is 4. The SMILES string of the molecule is COC(=O)c1ccccc1C1CC(C)(OC(C)=O)C(n2cnc3c(OC)nc(N)nc32)O1. The second kappa shape index (κ2) is 8.08. The quantitative estimate of drug-likeness (QED) is 0.586. The topological polar surface area (TPSA) is 141 Å². The molecule has 0 radical (unpaired) electrons. The number of hydrogen-bond donors (Lipinski definition) is 1. The number of nitrogens with two attached hydrogens (primary N) is 1. The van der Waals surface area contributed by atoms with Crippen molar-refractivity contribution in [2.45, 2.75) is 38.2 Å². The Bertz CT molecular complexity index is 1190. The van der Waals surface area contributed by atoms with Crippen LogP contribution < -0.4 is 10.5 Å². The molecule has 3 heterocycles. The smallest absolute Gasteiger partial charge is 0.338 e. The van der Waals surface area contributed by atoms with Crippen LogP contribution in [0.1, 0.15) is 48.5 Å². The number of benzene rings is 1. The molecule has 3 aromatic rings. The van der Waals surface area contributed by atoms with Crippen molar-refractivity contribution in [1.29, 1.82) is 0 Å². The number of carbonyl (C=O) groups excluding carboxylic acids is 2. The van der Waals surface area contributed by atoms with Crippen molar-refractivity contribution in [3.05, 3.63) is 41.7 Å². The molecule has 11 nitrogen and oxygen atoms in total. The van der Waals surface area contributed by atoms with E-state index in [-0.39, 0.29) is 18.2 Å². The number of aromatic nitrogens is 4. The van der Waals surface area contributed by atoms with Crippen molar-refractivity contribution < 1.29 is 28.5 Å². The molecule has 168 valence electrons. The normalized spacial score (nSPS) is 22.6. The zero-order valence-corrected chi connectivity index (χ0v) is 18.1. The van der Waals surface area contributed by atoms with Crippen molar-refractivity contribution in [3.63, 3.8) is 0 Å². The molecular weight excluding hydrogens is 418 g/mol. The van der Waals surface area contributed by atoms with Crippen LogP contribution in [0, 0.1) is 0 Å². The minimum atomic E-state index is -1.10. The molecule has 1 aliphatic heterocycles. The van der Waals surface area contributed by atoms with Crippen LogP contribution in [0.5, 0.6) is 5.88 Å². The Labute approximate surface area is 183 Å². The van der Waals surface area contributed by atoms with Crippen LogP contribution in [0.2, 0.25) is 0 Å². The molecule has 0 saturated carbocycles. The summed E-state index contributed by atoms with van der Waals surface area (Å²) in [6.07, 6.45) is 0.398. The average molecular weight is 441 g/mol. The van der Waals surface area contributed by atoms with Gasteiger partial charge in [-0.2, -0.15) is 9.97 Å². The molecule has 0 aliphatic carbocycles. The van der Waals surface area contributed by atoms with Gasteiger partial charge in [-0.3, -0.25) is 9.36 Å². The predicted molar refractivity (Wildman–Crippen MR) is 112 cm³/mol. The highest BCUT2D eigenvalue weighted by Crippen LogP contribution is 2.49.